The number of morpholine rings is 1. The normalized spacial score (nSPS) is 14.3. The number of esters is 1. The molecule has 172 valence electrons. The van der Waals surface area contributed by atoms with Crippen LogP contribution in [0.25, 0.3) is 0 Å². The van der Waals surface area contributed by atoms with E-state index in [4.69, 9.17) is 14.5 Å². The monoisotopic (exact) mass is 438 g/mol. The molecule has 0 aliphatic carbocycles. The Kier molecular flexibility index (Phi) is 9.19. The van der Waals surface area contributed by atoms with Crippen molar-refractivity contribution in [1.29, 1.82) is 0 Å². The number of pyridine rings is 1. The van der Waals surface area contributed by atoms with E-state index in [1.807, 2.05) is 26.4 Å². The van der Waals surface area contributed by atoms with Crippen molar-refractivity contribution in [1.82, 2.24) is 9.88 Å². The smallest absolute Gasteiger partial charge is 0.320 e. The molecule has 1 aromatic carbocycles. The summed E-state index contributed by atoms with van der Waals surface area (Å²) in [6.07, 6.45) is 3.40. The Balaban J connectivity index is 1.64. The lowest BCUT2D eigenvalue weighted by Gasteiger charge is -2.29. The summed E-state index contributed by atoms with van der Waals surface area (Å²) < 4.78 is 10.8. The molecule has 0 unspecified atom stereocenters. The Labute approximate surface area is 191 Å². The Hall–Kier alpha value is -2.77. The van der Waals surface area contributed by atoms with Gasteiger partial charge in [0.25, 0.3) is 0 Å². The lowest BCUT2D eigenvalue weighted by molar-refractivity contribution is -0.144. The fourth-order valence-electron chi connectivity index (χ4n) is 3.58. The van der Waals surface area contributed by atoms with Crippen LogP contribution in [-0.4, -0.2) is 75.6 Å². The highest BCUT2D eigenvalue weighted by molar-refractivity contribution is 5.79. The number of aliphatic imine (C=N–C) groups is 1. The Morgan fingerprint density at radius 1 is 1.22 bits per heavy atom. The zero-order valence-corrected chi connectivity index (χ0v) is 19.4. The van der Waals surface area contributed by atoms with Gasteiger partial charge in [-0.15, -0.1) is 0 Å². The van der Waals surface area contributed by atoms with E-state index >= 15 is 0 Å². The molecule has 7 heteroatoms. The molecule has 0 amide bonds. The molecule has 1 aliphatic heterocycles. The first-order valence-corrected chi connectivity index (χ1v) is 11.2. The fraction of sp³-hybridized carbons (Fsp3) is 0.480. The molecule has 1 saturated heterocycles. The Bertz CT molecular complexity index is 908. The fourth-order valence-corrected chi connectivity index (χ4v) is 3.58. The third kappa shape index (κ3) is 8.05. The van der Waals surface area contributed by atoms with Crippen LogP contribution in [0.4, 0.5) is 5.69 Å². The maximum Gasteiger partial charge on any atom is 0.320 e. The molecule has 2 aromatic rings. The van der Waals surface area contributed by atoms with Crippen LogP contribution in [-0.2, 0) is 27.2 Å². The van der Waals surface area contributed by atoms with Crippen molar-refractivity contribution in [3.63, 3.8) is 0 Å². The van der Waals surface area contributed by atoms with Gasteiger partial charge in [0.05, 0.1) is 38.6 Å². The van der Waals surface area contributed by atoms with Gasteiger partial charge < -0.3 is 14.4 Å². The van der Waals surface area contributed by atoms with Gasteiger partial charge in [-0.3, -0.25) is 19.7 Å². The maximum absolute atomic E-state index is 11.7. The predicted molar refractivity (Wildman–Crippen MR) is 128 cm³/mol. The predicted octanol–water partition coefficient (Wildman–Crippen LogP) is 2.88. The summed E-state index contributed by atoms with van der Waals surface area (Å²) in [5.74, 6) is -0.198. The standard InChI is InChI=1S/C25H34N4O3/c1-20-6-4-7-21(14-20)17-26-18-23-16-24(29-9-12-31-13-10-29)15-22(27-23)8-5-11-32-25(30)19-28(2)3/h4,6-7,14-17H,5,8-13,18-19H2,1-3H3. The molecule has 0 N–H and O–H groups in total. The highest BCUT2D eigenvalue weighted by atomic mass is 16.5. The summed E-state index contributed by atoms with van der Waals surface area (Å²) in [6.45, 7) is 6.52. The van der Waals surface area contributed by atoms with E-state index < -0.39 is 0 Å². The van der Waals surface area contributed by atoms with Crippen molar-refractivity contribution in [2.24, 2.45) is 4.99 Å². The average molecular weight is 439 g/mol. The van der Waals surface area contributed by atoms with E-state index in [9.17, 15) is 4.79 Å². The van der Waals surface area contributed by atoms with Crippen LogP contribution in [0.5, 0.6) is 0 Å². The van der Waals surface area contributed by atoms with Crippen molar-refractivity contribution >= 4 is 17.9 Å². The van der Waals surface area contributed by atoms with Crippen molar-refractivity contribution in [2.75, 3.05) is 58.5 Å². The first kappa shape index (κ1) is 23.9. The minimum Gasteiger partial charge on any atom is -0.465 e. The SMILES string of the molecule is Cc1cccc(C=NCc2cc(N3CCOCC3)cc(CCCOC(=O)CN(C)C)n2)c1. The van der Waals surface area contributed by atoms with Gasteiger partial charge in [-0.1, -0.05) is 29.8 Å². The molecule has 0 atom stereocenters. The number of ether oxygens (including phenoxy) is 2. The van der Waals surface area contributed by atoms with Gasteiger partial charge in [-0.05, 0) is 51.6 Å². The van der Waals surface area contributed by atoms with Gasteiger partial charge in [0.1, 0.15) is 0 Å². The van der Waals surface area contributed by atoms with Gasteiger partial charge in [0, 0.05) is 30.7 Å². The lowest BCUT2D eigenvalue weighted by atomic mass is 10.1. The highest BCUT2D eigenvalue weighted by Crippen LogP contribution is 2.20. The van der Waals surface area contributed by atoms with Gasteiger partial charge in [-0.2, -0.15) is 0 Å². The summed E-state index contributed by atoms with van der Waals surface area (Å²) in [4.78, 5) is 25.3. The molecule has 0 saturated carbocycles. The molecule has 3 rings (SSSR count). The van der Waals surface area contributed by atoms with Crippen molar-refractivity contribution in [2.45, 2.75) is 26.3 Å². The number of aromatic nitrogens is 1. The molecule has 2 heterocycles. The zero-order chi connectivity index (χ0) is 22.8. The van der Waals surface area contributed by atoms with Gasteiger partial charge in [0.2, 0.25) is 0 Å². The van der Waals surface area contributed by atoms with Crippen LogP contribution < -0.4 is 4.90 Å². The van der Waals surface area contributed by atoms with E-state index in [0.717, 1.165) is 61.8 Å². The van der Waals surface area contributed by atoms with E-state index in [0.29, 0.717) is 19.7 Å². The summed E-state index contributed by atoms with van der Waals surface area (Å²) >= 11 is 0. The van der Waals surface area contributed by atoms with Crippen molar-refractivity contribution in [3.8, 4) is 0 Å². The third-order valence-corrected chi connectivity index (χ3v) is 5.11. The quantitative estimate of drug-likeness (QED) is 0.323. The van der Waals surface area contributed by atoms with Gasteiger partial charge in [0.15, 0.2) is 0 Å². The number of hydrogen-bond donors (Lipinski definition) is 0. The van der Waals surface area contributed by atoms with Crippen LogP contribution in [0.2, 0.25) is 0 Å². The minimum absolute atomic E-state index is 0.198. The molecule has 7 nitrogen and oxygen atoms in total. The number of rotatable bonds is 10. The molecule has 0 spiro atoms. The Morgan fingerprint density at radius 3 is 2.75 bits per heavy atom. The number of hydrogen-bond acceptors (Lipinski definition) is 7. The molecular weight excluding hydrogens is 404 g/mol. The summed E-state index contributed by atoms with van der Waals surface area (Å²) in [6, 6.07) is 12.5. The van der Waals surface area contributed by atoms with E-state index in [-0.39, 0.29) is 5.97 Å². The molecule has 0 radical (unpaired) electrons. The number of carbonyl (C=O) groups is 1. The van der Waals surface area contributed by atoms with E-state index in [1.54, 1.807) is 4.90 Å². The number of anilines is 1. The topological polar surface area (TPSA) is 67.3 Å². The summed E-state index contributed by atoms with van der Waals surface area (Å²) in [5.41, 5.74) is 5.41. The molecule has 32 heavy (non-hydrogen) atoms. The lowest BCUT2D eigenvalue weighted by Crippen LogP contribution is -2.36. The number of benzene rings is 1. The summed E-state index contributed by atoms with van der Waals surface area (Å²) in [7, 11) is 3.70. The number of nitrogens with zero attached hydrogens (tertiary/aromatic N) is 4. The molecule has 1 aromatic heterocycles. The summed E-state index contributed by atoms with van der Waals surface area (Å²) in [5, 5.41) is 0. The van der Waals surface area contributed by atoms with Crippen LogP contribution in [0.1, 0.15) is 28.9 Å². The first-order chi connectivity index (χ1) is 15.5. The first-order valence-electron chi connectivity index (χ1n) is 11.2. The largest absolute Gasteiger partial charge is 0.465 e. The van der Waals surface area contributed by atoms with Crippen LogP contribution in [0, 0.1) is 6.92 Å². The molecular formula is C25H34N4O3. The number of aryl methyl sites for hydroxylation is 2. The second-order valence-electron chi connectivity index (χ2n) is 8.35. The third-order valence-electron chi connectivity index (χ3n) is 5.11. The number of likely N-dealkylation sites (N-methyl/N-ethyl adjacent to an activating group) is 1. The van der Waals surface area contributed by atoms with Gasteiger partial charge >= 0.3 is 5.97 Å². The maximum atomic E-state index is 11.7. The van der Waals surface area contributed by atoms with Crippen LogP contribution in [0.15, 0.2) is 41.4 Å². The van der Waals surface area contributed by atoms with Crippen molar-refractivity contribution in [3.05, 3.63) is 58.9 Å². The highest BCUT2D eigenvalue weighted by Gasteiger charge is 2.14. The average Bonchev–Trinajstić information content (AvgIpc) is 2.77. The van der Waals surface area contributed by atoms with Crippen molar-refractivity contribution < 1.29 is 14.3 Å². The van der Waals surface area contributed by atoms with E-state index in [2.05, 4.69) is 47.1 Å². The minimum atomic E-state index is -0.198. The van der Waals surface area contributed by atoms with E-state index in [1.165, 1.54) is 5.56 Å². The van der Waals surface area contributed by atoms with Crippen LogP contribution >= 0.6 is 0 Å². The second-order valence-corrected chi connectivity index (χ2v) is 8.35. The molecule has 1 aliphatic rings. The molecule has 1 fully saturated rings. The zero-order valence-electron chi connectivity index (χ0n) is 19.4. The second kappa shape index (κ2) is 12.3. The van der Waals surface area contributed by atoms with Gasteiger partial charge in [-0.25, -0.2) is 0 Å². The molecule has 0 bridgehead atoms. The van der Waals surface area contributed by atoms with Crippen LogP contribution in [0.3, 0.4) is 0 Å². The Morgan fingerprint density at radius 2 is 2.00 bits per heavy atom. The number of carbonyl (C=O) groups excluding carboxylic acids is 1.